The van der Waals surface area contributed by atoms with Crippen LogP contribution in [0.3, 0.4) is 0 Å². The number of nitrogens with one attached hydrogen (secondary N) is 1. The van der Waals surface area contributed by atoms with Gasteiger partial charge in [0.1, 0.15) is 11.8 Å². The third-order valence-corrected chi connectivity index (χ3v) is 4.68. The van der Waals surface area contributed by atoms with E-state index in [9.17, 15) is 13.5 Å². The van der Waals surface area contributed by atoms with Crippen molar-refractivity contribution in [2.24, 2.45) is 0 Å². The first-order valence-corrected chi connectivity index (χ1v) is 8.68. The van der Waals surface area contributed by atoms with Crippen LogP contribution in [0.15, 0.2) is 30.5 Å². The number of aliphatic hydroxyl groups excluding tert-OH is 1. The zero-order valence-electron chi connectivity index (χ0n) is 12.6. The fourth-order valence-corrected chi connectivity index (χ4v) is 2.49. The second kappa shape index (κ2) is 6.99. The SMILES string of the molecule is CCS(=O)(=O)NCCn1cc(C(O)c2ccc(C)cc2)nn1. The summed E-state index contributed by atoms with van der Waals surface area (Å²) in [5, 5.41) is 18.1. The molecule has 1 unspecified atom stereocenters. The number of hydrogen-bond donors (Lipinski definition) is 2. The van der Waals surface area contributed by atoms with Crippen molar-refractivity contribution in [2.45, 2.75) is 26.5 Å². The zero-order chi connectivity index (χ0) is 16.2. The molecule has 22 heavy (non-hydrogen) atoms. The van der Waals surface area contributed by atoms with Gasteiger partial charge in [-0.25, -0.2) is 13.1 Å². The molecule has 0 aliphatic heterocycles. The molecule has 0 radical (unpaired) electrons. The van der Waals surface area contributed by atoms with Crippen LogP contribution in [0.4, 0.5) is 0 Å². The van der Waals surface area contributed by atoms with Gasteiger partial charge in [-0.1, -0.05) is 35.0 Å². The molecule has 0 aliphatic carbocycles. The highest BCUT2D eigenvalue weighted by atomic mass is 32.2. The molecule has 8 heteroatoms. The fraction of sp³-hybridized carbons (Fsp3) is 0.429. The summed E-state index contributed by atoms with van der Waals surface area (Å²) in [5.41, 5.74) is 2.29. The van der Waals surface area contributed by atoms with E-state index in [1.54, 1.807) is 13.1 Å². The first-order valence-electron chi connectivity index (χ1n) is 7.03. The number of aromatic nitrogens is 3. The predicted molar refractivity (Wildman–Crippen MR) is 82.7 cm³/mol. The summed E-state index contributed by atoms with van der Waals surface area (Å²) in [6, 6.07) is 7.52. The Morgan fingerprint density at radius 3 is 2.64 bits per heavy atom. The van der Waals surface area contributed by atoms with Crippen molar-refractivity contribution in [3.05, 3.63) is 47.3 Å². The van der Waals surface area contributed by atoms with Crippen LogP contribution in [0.5, 0.6) is 0 Å². The molecule has 0 amide bonds. The zero-order valence-corrected chi connectivity index (χ0v) is 13.4. The summed E-state index contributed by atoms with van der Waals surface area (Å²) in [5.74, 6) is 0.0434. The summed E-state index contributed by atoms with van der Waals surface area (Å²) >= 11 is 0. The van der Waals surface area contributed by atoms with Crippen LogP contribution in [0, 0.1) is 6.92 Å². The molecule has 1 aromatic heterocycles. The minimum Gasteiger partial charge on any atom is -0.382 e. The molecular formula is C14H20N4O3S. The Hall–Kier alpha value is -1.77. The number of benzene rings is 1. The topological polar surface area (TPSA) is 97.1 Å². The minimum atomic E-state index is -3.21. The van der Waals surface area contributed by atoms with E-state index in [0.29, 0.717) is 12.2 Å². The van der Waals surface area contributed by atoms with Gasteiger partial charge in [-0.2, -0.15) is 0 Å². The van der Waals surface area contributed by atoms with Gasteiger partial charge < -0.3 is 5.11 Å². The number of rotatable bonds is 7. The highest BCUT2D eigenvalue weighted by molar-refractivity contribution is 7.89. The number of sulfonamides is 1. The van der Waals surface area contributed by atoms with Gasteiger partial charge >= 0.3 is 0 Å². The second-order valence-electron chi connectivity index (χ2n) is 5.02. The Kier molecular flexibility index (Phi) is 5.28. The van der Waals surface area contributed by atoms with Crippen molar-refractivity contribution in [3.8, 4) is 0 Å². The molecule has 0 saturated heterocycles. The number of aryl methyl sites for hydroxylation is 1. The van der Waals surface area contributed by atoms with Gasteiger partial charge in [0.2, 0.25) is 10.0 Å². The molecule has 0 saturated carbocycles. The quantitative estimate of drug-likeness (QED) is 0.777. The normalized spacial score (nSPS) is 13.2. The van der Waals surface area contributed by atoms with Crippen molar-refractivity contribution in [2.75, 3.05) is 12.3 Å². The smallest absolute Gasteiger partial charge is 0.211 e. The molecule has 0 spiro atoms. The molecular weight excluding hydrogens is 304 g/mol. The van der Waals surface area contributed by atoms with Crippen LogP contribution in [0.1, 0.15) is 29.8 Å². The van der Waals surface area contributed by atoms with Crippen LogP contribution in [0.2, 0.25) is 0 Å². The van der Waals surface area contributed by atoms with Gasteiger partial charge in [-0.05, 0) is 19.4 Å². The Labute approximate surface area is 130 Å². The van der Waals surface area contributed by atoms with Crippen LogP contribution < -0.4 is 4.72 Å². The molecule has 0 fully saturated rings. The van der Waals surface area contributed by atoms with Crippen LogP contribution in [-0.2, 0) is 16.6 Å². The van der Waals surface area contributed by atoms with Gasteiger partial charge in [0.15, 0.2) is 0 Å². The Morgan fingerprint density at radius 1 is 1.32 bits per heavy atom. The van der Waals surface area contributed by atoms with E-state index in [1.807, 2.05) is 31.2 Å². The number of aliphatic hydroxyl groups is 1. The lowest BCUT2D eigenvalue weighted by Crippen LogP contribution is -2.28. The van der Waals surface area contributed by atoms with Gasteiger partial charge in [0, 0.05) is 6.54 Å². The summed E-state index contributed by atoms with van der Waals surface area (Å²) in [4.78, 5) is 0. The molecule has 1 aromatic carbocycles. The second-order valence-corrected chi connectivity index (χ2v) is 7.11. The molecule has 2 N–H and O–H groups in total. The molecule has 120 valence electrons. The lowest BCUT2D eigenvalue weighted by Gasteiger charge is -2.07. The third kappa shape index (κ3) is 4.36. The largest absolute Gasteiger partial charge is 0.382 e. The molecule has 7 nitrogen and oxygen atoms in total. The molecule has 1 heterocycles. The number of hydrogen-bond acceptors (Lipinski definition) is 5. The van der Waals surface area contributed by atoms with Gasteiger partial charge in [-0.15, -0.1) is 5.10 Å². The van der Waals surface area contributed by atoms with E-state index in [2.05, 4.69) is 15.0 Å². The Balaban J connectivity index is 1.97. The van der Waals surface area contributed by atoms with Crippen molar-refractivity contribution < 1.29 is 13.5 Å². The maximum atomic E-state index is 11.3. The highest BCUT2D eigenvalue weighted by Gasteiger charge is 2.14. The molecule has 2 aromatic rings. The third-order valence-electron chi connectivity index (χ3n) is 3.27. The van der Waals surface area contributed by atoms with E-state index >= 15 is 0 Å². The van der Waals surface area contributed by atoms with E-state index in [4.69, 9.17) is 0 Å². The van der Waals surface area contributed by atoms with Crippen molar-refractivity contribution in [3.63, 3.8) is 0 Å². The summed E-state index contributed by atoms with van der Waals surface area (Å²) < 4.78 is 26.6. The fourth-order valence-electron chi connectivity index (χ4n) is 1.89. The van der Waals surface area contributed by atoms with Crippen LogP contribution in [-0.4, -0.2) is 40.8 Å². The first kappa shape index (κ1) is 16.6. The summed E-state index contributed by atoms with van der Waals surface area (Å²) in [6.07, 6.45) is 0.770. The van der Waals surface area contributed by atoms with Crippen LogP contribution in [0.25, 0.3) is 0 Å². The van der Waals surface area contributed by atoms with E-state index in [-0.39, 0.29) is 12.3 Å². The van der Waals surface area contributed by atoms with E-state index in [0.717, 1.165) is 11.1 Å². The average molecular weight is 324 g/mol. The Bertz CT molecular complexity index is 710. The average Bonchev–Trinajstić information content (AvgIpc) is 2.96. The predicted octanol–water partition coefficient (Wildman–Crippen LogP) is 0.608. The maximum absolute atomic E-state index is 11.3. The molecule has 2 rings (SSSR count). The summed E-state index contributed by atoms with van der Waals surface area (Å²) in [6.45, 7) is 4.14. The minimum absolute atomic E-state index is 0.0434. The van der Waals surface area contributed by atoms with Crippen LogP contribution >= 0.6 is 0 Å². The monoisotopic (exact) mass is 324 g/mol. The summed E-state index contributed by atoms with van der Waals surface area (Å²) in [7, 11) is -3.21. The maximum Gasteiger partial charge on any atom is 0.211 e. The van der Waals surface area contributed by atoms with Crippen molar-refractivity contribution in [1.82, 2.24) is 19.7 Å². The standard InChI is InChI=1S/C14H20N4O3S/c1-3-22(20,21)15-8-9-18-10-13(16-17-18)14(19)12-6-4-11(2)5-7-12/h4-7,10,14-15,19H,3,8-9H2,1-2H3. The van der Waals surface area contributed by atoms with Crippen molar-refractivity contribution >= 4 is 10.0 Å². The molecule has 0 aliphatic rings. The lowest BCUT2D eigenvalue weighted by molar-refractivity contribution is 0.215. The van der Waals surface area contributed by atoms with E-state index in [1.165, 1.54) is 4.68 Å². The Morgan fingerprint density at radius 2 is 2.00 bits per heavy atom. The van der Waals surface area contributed by atoms with Gasteiger partial charge in [0.05, 0.1) is 18.5 Å². The number of nitrogens with zero attached hydrogens (tertiary/aromatic N) is 3. The lowest BCUT2D eigenvalue weighted by atomic mass is 10.1. The molecule has 0 bridgehead atoms. The molecule has 1 atom stereocenters. The first-order chi connectivity index (χ1) is 10.4. The van der Waals surface area contributed by atoms with Gasteiger partial charge in [-0.3, -0.25) is 4.68 Å². The van der Waals surface area contributed by atoms with E-state index < -0.39 is 16.1 Å². The highest BCUT2D eigenvalue weighted by Crippen LogP contribution is 2.19. The van der Waals surface area contributed by atoms with Gasteiger partial charge in [0.25, 0.3) is 0 Å². The van der Waals surface area contributed by atoms with Crippen molar-refractivity contribution in [1.29, 1.82) is 0 Å².